The maximum absolute atomic E-state index is 13.2. The molecule has 0 amide bonds. The van der Waals surface area contributed by atoms with E-state index < -0.39 is 47.6 Å². The summed E-state index contributed by atoms with van der Waals surface area (Å²) in [6.45, 7) is 0.385. The van der Waals surface area contributed by atoms with E-state index in [0.717, 1.165) is 6.92 Å². The third kappa shape index (κ3) is 3.00. The Bertz CT molecular complexity index is 447. The second kappa shape index (κ2) is 5.22. The molecule has 0 aliphatic heterocycles. The van der Waals surface area contributed by atoms with Gasteiger partial charge in [-0.3, -0.25) is 4.79 Å². The van der Waals surface area contributed by atoms with Gasteiger partial charge < -0.3 is 4.74 Å². The molecule has 1 aromatic carbocycles. The molecule has 0 fully saturated rings. The smallest absolute Gasteiger partial charge is 0.228 e. The van der Waals surface area contributed by atoms with Crippen LogP contribution >= 0.6 is 0 Å². The van der Waals surface area contributed by atoms with Gasteiger partial charge >= 0.3 is 0 Å². The van der Waals surface area contributed by atoms with Crippen LogP contribution in [0.4, 0.5) is 22.0 Å². The number of Topliss-reactive ketones (excluding diaryl/α,β-unsaturated/α-hetero) is 1. The summed E-state index contributed by atoms with van der Waals surface area (Å²) in [6.07, 6.45) is -2.55. The first kappa shape index (κ1) is 13.6. The molecule has 0 saturated heterocycles. The van der Waals surface area contributed by atoms with Gasteiger partial charge in [-0.25, -0.2) is 22.0 Å². The van der Waals surface area contributed by atoms with E-state index in [0.29, 0.717) is 0 Å². The Morgan fingerprint density at radius 1 is 1.24 bits per heavy atom. The number of hydrogen-bond acceptors (Lipinski definition) is 2. The summed E-state index contributed by atoms with van der Waals surface area (Å²) in [5, 5.41) is 0. The maximum Gasteiger partial charge on any atom is 0.228 e. The highest BCUT2D eigenvalue weighted by molar-refractivity contribution is 5.76. The molecule has 0 aliphatic rings. The Balaban J connectivity index is 3.02. The molecule has 0 N–H and O–H groups in total. The predicted molar refractivity (Wildman–Crippen MR) is 46.8 cm³/mol. The monoisotopic (exact) mass is 254 g/mol. The Hall–Kier alpha value is -1.50. The number of rotatable bonds is 4. The lowest BCUT2D eigenvalue weighted by molar-refractivity contribution is -0.128. The third-order valence-electron chi connectivity index (χ3n) is 1.81. The number of benzene rings is 1. The van der Waals surface area contributed by atoms with Gasteiger partial charge in [0.05, 0.1) is 5.56 Å². The van der Waals surface area contributed by atoms with Gasteiger partial charge in [-0.05, 0) is 13.0 Å². The minimum Gasteiger partial charge on any atom is -0.337 e. The van der Waals surface area contributed by atoms with Gasteiger partial charge in [-0.1, -0.05) is 0 Å². The number of carbonyl (C=O) groups is 1. The molecule has 0 aromatic heterocycles. The molecule has 0 radical (unpaired) electrons. The molecule has 1 rings (SSSR count). The van der Waals surface area contributed by atoms with Crippen molar-refractivity contribution in [1.82, 2.24) is 0 Å². The molecular formula is C10H7F5O2. The first-order valence-corrected chi connectivity index (χ1v) is 4.42. The summed E-state index contributed by atoms with van der Waals surface area (Å²) in [5.74, 6) is -8.36. The molecule has 0 heterocycles. The van der Waals surface area contributed by atoms with Gasteiger partial charge in [0.2, 0.25) is 6.36 Å². The molecule has 17 heavy (non-hydrogen) atoms. The molecule has 0 aliphatic carbocycles. The van der Waals surface area contributed by atoms with E-state index in [9.17, 15) is 26.7 Å². The van der Waals surface area contributed by atoms with Crippen LogP contribution in [0.5, 0.6) is 0 Å². The second-order valence-electron chi connectivity index (χ2n) is 3.22. The zero-order valence-corrected chi connectivity index (χ0v) is 8.57. The Morgan fingerprint density at radius 2 is 1.82 bits per heavy atom. The standard InChI is InChI=1S/C10H7F5O2/c1-4(16)3-17-10(15)5-2-6(11)8(13)9(14)7(5)12/h2,10H,3H2,1H3. The fourth-order valence-corrected chi connectivity index (χ4v) is 1.04. The van der Waals surface area contributed by atoms with Crippen LogP contribution in [-0.2, 0) is 9.53 Å². The zero-order chi connectivity index (χ0) is 13.2. The van der Waals surface area contributed by atoms with E-state index in [1.54, 1.807) is 0 Å². The lowest BCUT2D eigenvalue weighted by Crippen LogP contribution is -2.10. The molecule has 0 spiro atoms. The largest absolute Gasteiger partial charge is 0.337 e. The van der Waals surface area contributed by atoms with Gasteiger partial charge in [0, 0.05) is 0 Å². The number of alkyl halides is 1. The minimum atomic E-state index is -2.55. The zero-order valence-electron chi connectivity index (χ0n) is 8.57. The molecule has 0 bridgehead atoms. The number of ether oxygens (including phenoxy) is 1. The van der Waals surface area contributed by atoms with Crippen molar-refractivity contribution >= 4 is 5.78 Å². The SMILES string of the molecule is CC(=O)COC(F)c1cc(F)c(F)c(F)c1F. The van der Waals surface area contributed by atoms with E-state index in [4.69, 9.17) is 0 Å². The fourth-order valence-electron chi connectivity index (χ4n) is 1.04. The normalized spacial score (nSPS) is 12.6. The van der Waals surface area contributed by atoms with Crippen LogP contribution in [-0.4, -0.2) is 12.4 Å². The van der Waals surface area contributed by atoms with Crippen molar-refractivity contribution in [2.45, 2.75) is 13.3 Å². The van der Waals surface area contributed by atoms with Crippen LogP contribution in [0, 0.1) is 23.3 Å². The lowest BCUT2D eigenvalue weighted by atomic mass is 10.2. The second-order valence-corrected chi connectivity index (χ2v) is 3.22. The highest BCUT2D eigenvalue weighted by Gasteiger charge is 2.24. The Morgan fingerprint density at radius 3 is 2.35 bits per heavy atom. The van der Waals surface area contributed by atoms with Crippen LogP contribution < -0.4 is 0 Å². The topological polar surface area (TPSA) is 26.3 Å². The van der Waals surface area contributed by atoms with Crippen molar-refractivity contribution in [2.75, 3.05) is 6.61 Å². The predicted octanol–water partition coefficient (Wildman–Crippen LogP) is 2.82. The van der Waals surface area contributed by atoms with E-state index in [1.165, 1.54) is 0 Å². The Labute approximate surface area is 93.0 Å². The van der Waals surface area contributed by atoms with Crippen molar-refractivity contribution < 1.29 is 31.5 Å². The summed E-state index contributed by atoms with van der Waals surface area (Å²) >= 11 is 0. The number of ketones is 1. The van der Waals surface area contributed by atoms with Gasteiger partial charge in [0.15, 0.2) is 29.1 Å². The molecule has 1 atom stereocenters. The summed E-state index contributed by atoms with van der Waals surface area (Å²) in [5.41, 5.74) is -1.14. The first-order valence-electron chi connectivity index (χ1n) is 4.42. The average molecular weight is 254 g/mol. The van der Waals surface area contributed by atoms with Gasteiger partial charge in [-0.15, -0.1) is 0 Å². The molecule has 7 heteroatoms. The maximum atomic E-state index is 13.2. The summed E-state index contributed by atoms with van der Waals surface area (Å²) < 4.78 is 68.4. The highest BCUT2D eigenvalue weighted by Crippen LogP contribution is 2.26. The highest BCUT2D eigenvalue weighted by atomic mass is 19.2. The van der Waals surface area contributed by atoms with E-state index >= 15 is 0 Å². The van der Waals surface area contributed by atoms with E-state index in [-0.39, 0.29) is 6.07 Å². The third-order valence-corrected chi connectivity index (χ3v) is 1.81. The fraction of sp³-hybridized carbons (Fsp3) is 0.300. The van der Waals surface area contributed by atoms with Crippen molar-refractivity contribution in [3.05, 3.63) is 34.9 Å². The summed E-state index contributed by atoms with van der Waals surface area (Å²) in [4.78, 5) is 10.5. The molecule has 0 saturated carbocycles. The number of hydrogen-bond donors (Lipinski definition) is 0. The van der Waals surface area contributed by atoms with Gasteiger partial charge in [0.25, 0.3) is 0 Å². The molecule has 2 nitrogen and oxygen atoms in total. The van der Waals surface area contributed by atoms with Gasteiger partial charge in [0.1, 0.15) is 6.61 Å². The molecule has 1 aromatic rings. The van der Waals surface area contributed by atoms with E-state index in [2.05, 4.69) is 4.74 Å². The average Bonchev–Trinajstić information content (AvgIpc) is 2.28. The molecular weight excluding hydrogens is 247 g/mol. The quantitative estimate of drug-likeness (QED) is 0.469. The van der Waals surface area contributed by atoms with Crippen molar-refractivity contribution in [3.63, 3.8) is 0 Å². The van der Waals surface area contributed by atoms with Crippen molar-refractivity contribution in [1.29, 1.82) is 0 Å². The number of halogens is 5. The van der Waals surface area contributed by atoms with Crippen LogP contribution in [0.3, 0.4) is 0 Å². The van der Waals surface area contributed by atoms with Crippen LogP contribution in [0.25, 0.3) is 0 Å². The molecule has 94 valence electrons. The number of carbonyl (C=O) groups excluding carboxylic acids is 1. The van der Waals surface area contributed by atoms with Crippen molar-refractivity contribution in [2.24, 2.45) is 0 Å². The lowest BCUT2D eigenvalue weighted by Gasteiger charge is -2.10. The van der Waals surface area contributed by atoms with Gasteiger partial charge in [-0.2, -0.15) is 0 Å². The van der Waals surface area contributed by atoms with Crippen LogP contribution in [0.2, 0.25) is 0 Å². The summed E-state index contributed by atoms with van der Waals surface area (Å²) in [7, 11) is 0. The Kier molecular flexibility index (Phi) is 4.17. The van der Waals surface area contributed by atoms with Crippen LogP contribution in [0.1, 0.15) is 18.8 Å². The first-order chi connectivity index (χ1) is 7.84. The van der Waals surface area contributed by atoms with Crippen molar-refractivity contribution in [3.8, 4) is 0 Å². The minimum absolute atomic E-state index is 0.137. The van der Waals surface area contributed by atoms with Crippen LogP contribution in [0.15, 0.2) is 6.07 Å². The summed E-state index contributed by atoms with van der Waals surface area (Å²) in [6, 6.07) is 0.137. The molecule has 1 unspecified atom stereocenters. The van der Waals surface area contributed by atoms with E-state index in [1.807, 2.05) is 0 Å².